The molecule has 78 valence electrons. The lowest BCUT2D eigenvalue weighted by molar-refractivity contribution is 0.943. The summed E-state index contributed by atoms with van der Waals surface area (Å²) in [5.41, 5.74) is 1.94. The van der Waals surface area contributed by atoms with Crippen molar-refractivity contribution in [3.63, 3.8) is 0 Å². The Hall–Kier alpha value is -0.450. The van der Waals surface area contributed by atoms with Gasteiger partial charge >= 0.3 is 0 Å². The molecule has 0 spiro atoms. The van der Waals surface area contributed by atoms with Crippen LogP contribution in [0, 0.1) is 0 Å². The molecule has 15 heavy (non-hydrogen) atoms. The van der Waals surface area contributed by atoms with Gasteiger partial charge in [-0.1, -0.05) is 18.5 Å². The lowest BCUT2D eigenvalue weighted by Gasteiger charge is -2.02. The predicted octanol–water partition coefficient (Wildman–Crippen LogP) is 4.18. The second kappa shape index (κ2) is 4.60. The van der Waals surface area contributed by atoms with Gasteiger partial charge in [-0.2, -0.15) is 11.3 Å². The summed E-state index contributed by atoms with van der Waals surface area (Å²) >= 11 is 11.0. The highest BCUT2D eigenvalue weighted by atomic mass is 79.9. The van der Waals surface area contributed by atoms with Gasteiger partial charge in [0, 0.05) is 33.3 Å². The summed E-state index contributed by atoms with van der Waals surface area (Å²) in [5.74, 6) is 0.774. The van der Waals surface area contributed by atoms with Gasteiger partial charge in [-0.15, -0.1) is 0 Å². The van der Waals surface area contributed by atoms with Crippen molar-refractivity contribution < 1.29 is 0 Å². The van der Waals surface area contributed by atoms with E-state index in [0.717, 1.165) is 28.0 Å². The smallest absolute Gasteiger partial charge is 0.133 e. The van der Waals surface area contributed by atoms with Crippen LogP contribution in [0.1, 0.15) is 12.7 Å². The summed E-state index contributed by atoms with van der Waals surface area (Å²) in [4.78, 5) is 8.57. The topological polar surface area (TPSA) is 25.8 Å². The average molecular weight is 304 g/mol. The van der Waals surface area contributed by atoms with Gasteiger partial charge in [-0.05, 0) is 15.9 Å². The first-order valence-electron chi connectivity index (χ1n) is 4.46. The van der Waals surface area contributed by atoms with E-state index in [-0.39, 0.29) is 0 Å². The van der Waals surface area contributed by atoms with Crippen LogP contribution >= 0.6 is 38.9 Å². The lowest BCUT2D eigenvalue weighted by Crippen LogP contribution is -1.95. The van der Waals surface area contributed by atoms with Crippen molar-refractivity contribution in [1.82, 2.24) is 9.97 Å². The second-order valence-electron chi connectivity index (χ2n) is 2.98. The summed E-state index contributed by atoms with van der Waals surface area (Å²) in [6.45, 7) is 2.01. The molecule has 0 saturated carbocycles. The Labute approximate surface area is 105 Å². The van der Waals surface area contributed by atoms with Crippen molar-refractivity contribution in [2.45, 2.75) is 13.3 Å². The number of aromatic nitrogens is 2. The van der Waals surface area contributed by atoms with E-state index in [1.807, 2.05) is 17.7 Å². The molecule has 0 saturated heterocycles. The number of hydrogen-bond acceptors (Lipinski definition) is 3. The fourth-order valence-corrected chi connectivity index (χ4v) is 2.92. The zero-order valence-electron chi connectivity index (χ0n) is 8.00. The fraction of sp³-hybridized carbons (Fsp3) is 0.200. The Kier molecular flexibility index (Phi) is 3.38. The van der Waals surface area contributed by atoms with E-state index in [1.54, 1.807) is 17.4 Å². The van der Waals surface area contributed by atoms with Crippen LogP contribution in [0.4, 0.5) is 0 Å². The summed E-state index contributed by atoms with van der Waals surface area (Å²) in [5, 5.41) is 4.56. The van der Waals surface area contributed by atoms with Crippen LogP contribution in [0.25, 0.3) is 11.3 Å². The molecular formula is C10H8BrClN2S. The highest BCUT2D eigenvalue weighted by molar-refractivity contribution is 9.10. The third kappa shape index (κ3) is 2.38. The maximum Gasteiger partial charge on any atom is 0.133 e. The molecule has 5 heteroatoms. The van der Waals surface area contributed by atoms with Crippen LogP contribution in [-0.4, -0.2) is 9.97 Å². The SMILES string of the molecule is CCc1nc(Cl)cc(-c2cscc2Br)n1. The van der Waals surface area contributed by atoms with Gasteiger partial charge in [-0.25, -0.2) is 9.97 Å². The standard InChI is InChI=1S/C10H8BrClN2S/c1-2-10-13-8(3-9(12)14-10)6-4-15-5-7(6)11/h3-5H,2H2,1H3. The third-order valence-corrected chi connectivity index (χ3v) is 3.84. The lowest BCUT2D eigenvalue weighted by atomic mass is 10.2. The minimum absolute atomic E-state index is 0.495. The Bertz CT molecular complexity index is 484. The molecule has 2 heterocycles. The third-order valence-electron chi connectivity index (χ3n) is 1.95. The molecule has 0 aliphatic rings. The van der Waals surface area contributed by atoms with Gasteiger partial charge in [0.1, 0.15) is 11.0 Å². The molecule has 0 aromatic carbocycles. The molecule has 0 unspecified atom stereocenters. The van der Waals surface area contributed by atoms with E-state index < -0.39 is 0 Å². The number of thiophene rings is 1. The molecule has 2 aromatic rings. The van der Waals surface area contributed by atoms with E-state index >= 15 is 0 Å². The molecule has 0 N–H and O–H groups in total. The fourth-order valence-electron chi connectivity index (χ4n) is 1.23. The molecule has 0 radical (unpaired) electrons. The number of aryl methyl sites for hydroxylation is 1. The van der Waals surface area contributed by atoms with E-state index in [1.165, 1.54) is 0 Å². The highest BCUT2D eigenvalue weighted by Gasteiger charge is 2.08. The molecule has 0 fully saturated rings. The molecule has 2 rings (SSSR count). The van der Waals surface area contributed by atoms with Crippen molar-refractivity contribution in [2.75, 3.05) is 0 Å². The second-order valence-corrected chi connectivity index (χ2v) is 4.96. The first kappa shape index (κ1) is 11.0. The van der Waals surface area contributed by atoms with E-state index in [2.05, 4.69) is 25.9 Å². The van der Waals surface area contributed by atoms with Crippen LogP contribution in [0.15, 0.2) is 21.3 Å². The quantitative estimate of drug-likeness (QED) is 0.778. The van der Waals surface area contributed by atoms with Crippen LogP contribution < -0.4 is 0 Å². The predicted molar refractivity (Wildman–Crippen MR) is 67.4 cm³/mol. The zero-order valence-corrected chi connectivity index (χ0v) is 11.2. The summed E-state index contributed by atoms with van der Waals surface area (Å²) in [6, 6.07) is 1.79. The monoisotopic (exact) mass is 302 g/mol. The number of rotatable bonds is 2. The normalized spacial score (nSPS) is 10.6. The van der Waals surface area contributed by atoms with Gasteiger partial charge in [0.2, 0.25) is 0 Å². The Morgan fingerprint density at radius 2 is 2.20 bits per heavy atom. The van der Waals surface area contributed by atoms with Crippen molar-refractivity contribution in [2.24, 2.45) is 0 Å². The number of hydrogen-bond donors (Lipinski definition) is 0. The maximum atomic E-state index is 5.94. The van der Waals surface area contributed by atoms with Crippen LogP contribution in [0.5, 0.6) is 0 Å². The summed E-state index contributed by atoms with van der Waals surface area (Å²) in [7, 11) is 0. The molecular weight excluding hydrogens is 296 g/mol. The number of halogens is 2. The largest absolute Gasteiger partial charge is 0.233 e. The zero-order chi connectivity index (χ0) is 10.8. The highest BCUT2D eigenvalue weighted by Crippen LogP contribution is 2.31. The molecule has 0 aliphatic heterocycles. The van der Waals surface area contributed by atoms with Crippen molar-refractivity contribution in [3.8, 4) is 11.3 Å². The van der Waals surface area contributed by atoms with E-state index in [9.17, 15) is 0 Å². The van der Waals surface area contributed by atoms with Gasteiger partial charge in [0.05, 0.1) is 5.69 Å². The molecule has 0 atom stereocenters. The molecule has 0 aliphatic carbocycles. The van der Waals surface area contributed by atoms with Gasteiger partial charge < -0.3 is 0 Å². The molecule has 0 amide bonds. The molecule has 0 bridgehead atoms. The average Bonchev–Trinajstić information content (AvgIpc) is 2.63. The Balaban J connectivity index is 2.53. The first-order valence-corrected chi connectivity index (χ1v) is 6.57. The minimum atomic E-state index is 0.495. The maximum absolute atomic E-state index is 5.94. The van der Waals surface area contributed by atoms with Crippen LogP contribution in [0.3, 0.4) is 0 Å². The Morgan fingerprint density at radius 1 is 1.40 bits per heavy atom. The van der Waals surface area contributed by atoms with Crippen LogP contribution in [0.2, 0.25) is 5.15 Å². The van der Waals surface area contributed by atoms with E-state index in [0.29, 0.717) is 5.15 Å². The minimum Gasteiger partial charge on any atom is -0.233 e. The van der Waals surface area contributed by atoms with Crippen LogP contribution in [-0.2, 0) is 6.42 Å². The number of nitrogens with zero attached hydrogens (tertiary/aromatic N) is 2. The van der Waals surface area contributed by atoms with Gasteiger partial charge in [0.15, 0.2) is 0 Å². The summed E-state index contributed by atoms with van der Waals surface area (Å²) < 4.78 is 1.05. The van der Waals surface area contributed by atoms with Gasteiger partial charge in [0.25, 0.3) is 0 Å². The van der Waals surface area contributed by atoms with Crippen molar-refractivity contribution in [1.29, 1.82) is 0 Å². The molecule has 2 nitrogen and oxygen atoms in total. The van der Waals surface area contributed by atoms with Crippen molar-refractivity contribution >= 4 is 38.9 Å². The summed E-state index contributed by atoms with van der Waals surface area (Å²) in [6.07, 6.45) is 0.787. The Morgan fingerprint density at radius 3 is 2.80 bits per heavy atom. The molecule has 2 aromatic heterocycles. The van der Waals surface area contributed by atoms with Crippen molar-refractivity contribution in [3.05, 3.63) is 32.3 Å². The van der Waals surface area contributed by atoms with Gasteiger partial charge in [-0.3, -0.25) is 0 Å². The first-order chi connectivity index (χ1) is 7.20. The van der Waals surface area contributed by atoms with E-state index in [4.69, 9.17) is 11.6 Å².